The summed E-state index contributed by atoms with van der Waals surface area (Å²) in [6.45, 7) is 5.65. The molecule has 5 rings (SSSR count). The van der Waals surface area contributed by atoms with Gasteiger partial charge in [0.1, 0.15) is 23.5 Å². The highest BCUT2D eigenvalue weighted by atomic mass is 32.1. The number of benzene rings is 1. The molecule has 1 unspecified atom stereocenters. The molecule has 39 heavy (non-hydrogen) atoms. The highest BCUT2D eigenvalue weighted by Crippen LogP contribution is 2.44. The molecule has 1 N–H and O–H groups in total. The Balaban J connectivity index is 1.44. The number of hydrogen-bond donors (Lipinski definition) is 1. The molecule has 206 valence electrons. The summed E-state index contributed by atoms with van der Waals surface area (Å²) in [4.78, 5) is 27.3. The SMILES string of the molecule is CNc1ncnc2c1c(-c1cc3cc(C)cc(OC)c3s1)cn2C1CCN(C(=O)/C=C/CN(C)CCOC)C1. The van der Waals surface area contributed by atoms with Gasteiger partial charge in [0.25, 0.3) is 0 Å². The lowest BCUT2D eigenvalue weighted by Crippen LogP contribution is -2.28. The Hall–Kier alpha value is -3.47. The number of likely N-dealkylation sites (N-methyl/N-ethyl adjacent to an activating group) is 1. The third-order valence-corrected chi connectivity index (χ3v) is 8.48. The molecule has 1 aromatic carbocycles. The number of likely N-dealkylation sites (tertiary alicyclic amines) is 1. The van der Waals surface area contributed by atoms with Crippen molar-refractivity contribution in [2.75, 3.05) is 66.4 Å². The number of hydrogen-bond acceptors (Lipinski definition) is 8. The number of fused-ring (bicyclic) bond motifs is 2. The molecule has 4 aromatic rings. The fraction of sp³-hybridized carbons (Fsp3) is 0.414. The second kappa shape index (κ2) is 11.7. The van der Waals surface area contributed by atoms with Crippen LogP contribution in [0.2, 0.25) is 0 Å². The number of nitrogens with zero attached hydrogens (tertiary/aromatic N) is 5. The predicted octanol–water partition coefficient (Wildman–Crippen LogP) is 4.58. The number of amides is 1. The van der Waals surface area contributed by atoms with E-state index in [0.29, 0.717) is 26.2 Å². The first-order chi connectivity index (χ1) is 18.9. The van der Waals surface area contributed by atoms with E-state index < -0.39 is 0 Å². The summed E-state index contributed by atoms with van der Waals surface area (Å²) in [5.41, 5.74) is 3.12. The number of thiophene rings is 1. The minimum atomic E-state index is 0.0480. The third-order valence-electron chi connectivity index (χ3n) is 7.28. The molecule has 1 atom stereocenters. The Labute approximate surface area is 233 Å². The van der Waals surface area contributed by atoms with Gasteiger partial charge in [0.2, 0.25) is 5.91 Å². The number of carbonyl (C=O) groups excluding carboxylic acids is 1. The molecule has 0 bridgehead atoms. The Kier molecular flexibility index (Phi) is 8.15. The summed E-state index contributed by atoms with van der Waals surface area (Å²) >= 11 is 1.71. The van der Waals surface area contributed by atoms with Crippen LogP contribution in [0.3, 0.4) is 0 Å². The van der Waals surface area contributed by atoms with Gasteiger partial charge in [0.05, 0.1) is 29.8 Å². The summed E-state index contributed by atoms with van der Waals surface area (Å²) in [6.07, 6.45) is 8.28. The molecule has 10 heteroatoms. The molecular formula is C29H36N6O3S. The second-order valence-corrected chi connectivity index (χ2v) is 11.1. The Morgan fingerprint density at radius 3 is 2.90 bits per heavy atom. The largest absolute Gasteiger partial charge is 0.495 e. The average Bonchev–Trinajstić information content (AvgIpc) is 3.67. The molecule has 0 spiro atoms. The zero-order chi connectivity index (χ0) is 27.5. The van der Waals surface area contributed by atoms with Gasteiger partial charge in [0.15, 0.2) is 0 Å². The zero-order valence-electron chi connectivity index (χ0n) is 23.2. The van der Waals surface area contributed by atoms with Crippen LogP contribution in [-0.2, 0) is 9.53 Å². The summed E-state index contributed by atoms with van der Waals surface area (Å²) in [5, 5.41) is 5.40. The molecule has 9 nitrogen and oxygen atoms in total. The van der Waals surface area contributed by atoms with E-state index in [2.05, 4.69) is 51.1 Å². The monoisotopic (exact) mass is 548 g/mol. The molecule has 1 amide bonds. The number of aryl methyl sites for hydroxylation is 1. The van der Waals surface area contributed by atoms with Crippen molar-refractivity contribution in [3.8, 4) is 16.2 Å². The van der Waals surface area contributed by atoms with E-state index in [1.807, 2.05) is 25.1 Å². The van der Waals surface area contributed by atoms with E-state index in [4.69, 9.17) is 14.5 Å². The maximum absolute atomic E-state index is 12.9. The summed E-state index contributed by atoms with van der Waals surface area (Å²) in [7, 11) is 7.31. The van der Waals surface area contributed by atoms with Gasteiger partial charge < -0.3 is 29.2 Å². The standard InChI is InChI=1S/C29H36N6O3S/c1-19-13-20-15-24(39-27(20)23(14-19)38-5)22-17-35(29-26(22)28(30-2)31-18-32-29)21-8-10-34(16-21)25(36)7-6-9-33(3)11-12-37-4/h6-7,13-15,17-18,21H,8-12,16H2,1-5H3,(H,30,31,32)/b7-6+. The van der Waals surface area contributed by atoms with Crippen LogP contribution in [0.15, 0.2) is 42.9 Å². The average molecular weight is 549 g/mol. The third kappa shape index (κ3) is 5.50. The zero-order valence-corrected chi connectivity index (χ0v) is 24.0. The van der Waals surface area contributed by atoms with Crippen LogP contribution >= 0.6 is 11.3 Å². The lowest BCUT2D eigenvalue weighted by Gasteiger charge is -2.17. The molecule has 0 saturated carbocycles. The molecule has 3 aromatic heterocycles. The smallest absolute Gasteiger partial charge is 0.246 e. The van der Waals surface area contributed by atoms with Gasteiger partial charge in [-0.1, -0.05) is 12.1 Å². The fourth-order valence-electron chi connectivity index (χ4n) is 5.23. The van der Waals surface area contributed by atoms with Crippen molar-refractivity contribution in [1.82, 2.24) is 24.3 Å². The maximum Gasteiger partial charge on any atom is 0.246 e. The van der Waals surface area contributed by atoms with Crippen LogP contribution in [0.5, 0.6) is 5.75 Å². The van der Waals surface area contributed by atoms with Gasteiger partial charge in [-0.25, -0.2) is 9.97 Å². The van der Waals surface area contributed by atoms with Crippen LogP contribution in [0.25, 0.3) is 31.6 Å². The van der Waals surface area contributed by atoms with Crippen molar-refractivity contribution in [1.29, 1.82) is 0 Å². The summed E-state index contributed by atoms with van der Waals surface area (Å²) in [6, 6.07) is 6.62. The normalized spacial score (nSPS) is 15.8. The summed E-state index contributed by atoms with van der Waals surface area (Å²) < 4.78 is 14.2. The topological polar surface area (TPSA) is 84.8 Å². The second-order valence-electron chi connectivity index (χ2n) is 10.0. The summed E-state index contributed by atoms with van der Waals surface area (Å²) in [5.74, 6) is 1.73. The van der Waals surface area contributed by atoms with E-state index in [9.17, 15) is 4.79 Å². The molecule has 0 aliphatic carbocycles. The van der Waals surface area contributed by atoms with Gasteiger partial charge in [-0.05, 0) is 43.5 Å². The molecule has 0 radical (unpaired) electrons. The number of aromatic nitrogens is 3. The van der Waals surface area contributed by atoms with Crippen molar-refractivity contribution in [2.24, 2.45) is 0 Å². The first-order valence-electron chi connectivity index (χ1n) is 13.2. The highest BCUT2D eigenvalue weighted by Gasteiger charge is 2.29. The lowest BCUT2D eigenvalue weighted by atomic mass is 10.1. The minimum absolute atomic E-state index is 0.0480. The molecule has 1 fully saturated rings. The lowest BCUT2D eigenvalue weighted by molar-refractivity contribution is -0.125. The van der Waals surface area contributed by atoms with Crippen molar-refractivity contribution < 1.29 is 14.3 Å². The van der Waals surface area contributed by atoms with Gasteiger partial charge in [-0.3, -0.25) is 4.79 Å². The predicted molar refractivity (Wildman–Crippen MR) is 158 cm³/mol. The van der Waals surface area contributed by atoms with E-state index in [1.54, 1.807) is 38.0 Å². The van der Waals surface area contributed by atoms with Crippen molar-refractivity contribution >= 4 is 44.2 Å². The number of carbonyl (C=O) groups is 1. The Morgan fingerprint density at radius 1 is 1.28 bits per heavy atom. The molecule has 1 saturated heterocycles. The molecule has 1 aliphatic rings. The van der Waals surface area contributed by atoms with Gasteiger partial charge in [0, 0.05) is 63.0 Å². The van der Waals surface area contributed by atoms with E-state index >= 15 is 0 Å². The van der Waals surface area contributed by atoms with Crippen LogP contribution in [0.1, 0.15) is 18.0 Å². The van der Waals surface area contributed by atoms with E-state index in [0.717, 1.165) is 61.7 Å². The molecule has 1 aliphatic heterocycles. The van der Waals surface area contributed by atoms with Gasteiger partial charge >= 0.3 is 0 Å². The van der Waals surface area contributed by atoms with Crippen LogP contribution in [0, 0.1) is 6.92 Å². The highest BCUT2D eigenvalue weighted by molar-refractivity contribution is 7.22. The number of methoxy groups -OCH3 is 2. The number of anilines is 1. The van der Waals surface area contributed by atoms with Crippen LogP contribution in [-0.4, -0.2) is 91.3 Å². The van der Waals surface area contributed by atoms with Crippen LogP contribution in [0.4, 0.5) is 5.82 Å². The molecular weight excluding hydrogens is 512 g/mol. The van der Waals surface area contributed by atoms with E-state index in [-0.39, 0.29) is 11.9 Å². The maximum atomic E-state index is 12.9. The number of nitrogens with one attached hydrogen (secondary N) is 1. The Bertz CT molecular complexity index is 1510. The Morgan fingerprint density at radius 2 is 2.13 bits per heavy atom. The van der Waals surface area contributed by atoms with Crippen molar-refractivity contribution in [3.05, 3.63) is 48.4 Å². The van der Waals surface area contributed by atoms with Crippen LogP contribution < -0.4 is 10.1 Å². The number of ether oxygens (including phenoxy) is 2. The first kappa shape index (κ1) is 27.1. The molecule has 4 heterocycles. The van der Waals surface area contributed by atoms with Gasteiger partial charge in [-0.2, -0.15) is 0 Å². The quantitative estimate of drug-likeness (QED) is 0.291. The fourth-order valence-corrected chi connectivity index (χ4v) is 6.38. The minimum Gasteiger partial charge on any atom is -0.495 e. The van der Waals surface area contributed by atoms with Crippen molar-refractivity contribution in [3.63, 3.8) is 0 Å². The van der Waals surface area contributed by atoms with Gasteiger partial charge in [-0.15, -0.1) is 11.3 Å². The number of rotatable bonds is 10. The first-order valence-corrected chi connectivity index (χ1v) is 14.0. The van der Waals surface area contributed by atoms with Crippen molar-refractivity contribution in [2.45, 2.75) is 19.4 Å². The van der Waals surface area contributed by atoms with E-state index in [1.165, 1.54) is 0 Å².